The smallest absolute Gasteiger partial charge is 0.223 e. The van der Waals surface area contributed by atoms with Gasteiger partial charge in [-0.3, -0.25) is 4.79 Å². The van der Waals surface area contributed by atoms with Crippen LogP contribution >= 0.6 is 12.2 Å². The van der Waals surface area contributed by atoms with E-state index in [1.807, 2.05) is 0 Å². The molecule has 0 bridgehead atoms. The van der Waals surface area contributed by atoms with Gasteiger partial charge in [-0.2, -0.15) is 0 Å². The molecule has 0 aromatic heterocycles. The number of hydrogen-bond donors (Lipinski definition) is 2. The van der Waals surface area contributed by atoms with E-state index in [1.54, 1.807) is 6.92 Å². The third kappa shape index (κ3) is 2.17. The number of thiocarbonyl (C=S) groups is 1. The van der Waals surface area contributed by atoms with Crippen molar-refractivity contribution in [1.82, 2.24) is 5.32 Å². The molecule has 0 spiro atoms. The second-order valence-electron chi connectivity index (χ2n) is 3.45. The summed E-state index contributed by atoms with van der Waals surface area (Å²) in [6.07, 6.45) is 0.996. The summed E-state index contributed by atoms with van der Waals surface area (Å²) in [5, 5.41) is 2.77. The van der Waals surface area contributed by atoms with Gasteiger partial charge in [0.1, 0.15) is 0 Å². The molecule has 12 heavy (non-hydrogen) atoms. The van der Waals surface area contributed by atoms with Gasteiger partial charge in [-0.25, -0.2) is 0 Å². The van der Waals surface area contributed by atoms with E-state index in [1.165, 1.54) is 0 Å². The van der Waals surface area contributed by atoms with Crippen LogP contribution in [0.1, 0.15) is 20.3 Å². The molecule has 0 heterocycles. The molecule has 3 atom stereocenters. The van der Waals surface area contributed by atoms with Gasteiger partial charge < -0.3 is 11.1 Å². The maximum Gasteiger partial charge on any atom is 0.223 e. The van der Waals surface area contributed by atoms with Gasteiger partial charge in [0.05, 0.1) is 11.0 Å². The first-order chi connectivity index (χ1) is 5.52. The lowest BCUT2D eigenvalue weighted by Gasteiger charge is -2.11. The van der Waals surface area contributed by atoms with Gasteiger partial charge in [-0.15, -0.1) is 0 Å². The first kappa shape index (κ1) is 9.45. The lowest BCUT2D eigenvalue weighted by atomic mass is 10.3. The van der Waals surface area contributed by atoms with Crippen LogP contribution in [-0.2, 0) is 4.79 Å². The summed E-state index contributed by atoms with van der Waals surface area (Å²) in [7, 11) is 0. The van der Waals surface area contributed by atoms with Crippen molar-refractivity contribution >= 4 is 23.1 Å². The Morgan fingerprint density at radius 2 is 2.25 bits per heavy atom. The molecule has 1 aliphatic carbocycles. The Labute approximate surface area is 77.7 Å². The summed E-state index contributed by atoms with van der Waals surface area (Å²) < 4.78 is 0. The fourth-order valence-corrected chi connectivity index (χ4v) is 1.14. The molecule has 3 unspecified atom stereocenters. The number of rotatable bonds is 3. The molecule has 0 radical (unpaired) electrons. The highest BCUT2D eigenvalue weighted by atomic mass is 32.1. The molecule has 1 saturated carbocycles. The third-order valence-corrected chi connectivity index (χ3v) is 2.59. The maximum absolute atomic E-state index is 11.3. The minimum atomic E-state index is -0.180. The topological polar surface area (TPSA) is 55.1 Å². The molecular formula is C8H14N2OS. The van der Waals surface area contributed by atoms with Gasteiger partial charge in [0, 0.05) is 5.92 Å². The SMILES string of the molecule is CC(NC(=O)C1CC1C)C(N)=S. The van der Waals surface area contributed by atoms with Crippen molar-refractivity contribution in [2.45, 2.75) is 26.3 Å². The predicted molar refractivity (Wildman–Crippen MR) is 51.7 cm³/mol. The average molecular weight is 186 g/mol. The minimum Gasteiger partial charge on any atom is -0.392 e. The number of carbonyl (C=O) groups is 1. The molecule has 0 aromatic rings. The molecule has 1 rings (SSSR count). The normalized spacial score (nSPS) is 29.2. The summed E-state index contributed by atoms with van der Waals surface area (Å²) in [6, 6.07) is -0.180. The van der Waals surface area contributed by atoms with Gasteiger partial charge in [0.25, 0.3) is 0 Å². The highest BCUT2D eigenvalue weighted by molar-refractivity contribution is 7.80. The molecule has 0 saturated heterocycles. The molecule has 3 nitrogen and oxygen atoms in total. The minimum absolute atomic E-state index is 0.0859. The average Bonchev–Trinajstić information content (AvgIpc) is 2.66. The number of carbonyl (C=O) groups excluding carboxylic acids is 1. The molecule has 3 N–H and O–H groups in total. The maximum atomic E-state index is 11.3. The number of nitrogens with one attached hydrogen (secondary N) is 1. The van der Waals surface area contributed by atoms with Gasteiger partial charge in [-0.1, -0.05) is 19.1 Å². The van der Waals surface area contributed by atoms with Gasteiger partial charge >= 0.3 is 0 Å². The Hall–Kier alpha value is -0.640. The zero-order valence-electron chi connectivity index (χ0n) is 7.33. The summed E-state index contributed by atoms with van der Waals surface area (Å²) in [6.45, 7) is 3.86. The summed E-state index contributed by atoms with van der Waals surface area (Å²) >= 11 is 4.74. The summed E-state index contributed by atoms with van der Waals surface area (Å²) in [4.78, 5) is 11.6. The van der Waals surface area contributed by atoms with Gasteiger partial charge in [0.15, 0.2) is 0 Å². The Kier molecular flexibility index (Phi) is 2.67. The zero-order chi connectivity index (χ0) is 9.30. The lowest BCUT2D eigenvalue weighted by molar-refractivity contribution is -0.122. The molecule has 1 amide bonds. The van der Waals surface area contributed by atoms with Crippen molar-refractivity contribution in [3.8, 4) is 0 Å². The molecule has 1 fully saturated rings. The Balaban J connectivity index is 2.31. The highest BCUT2D eigenvalue weighted by Crippen LogP contribution is 2.37. The van der Waals surface area contributed by atoms with Crippen LogP contribution in [0.4, 0.5) is 0 Å². The fraction of sp³-hybridized carbons (Fsp3) is 0.750. The van der Waals surface area contributed by atoms with Crippen LogP contribution in [0, 0.1) is 11.8 Å². The van der Waals surface area contributed by atoms with E-state index in [-0.39, 0.29) is 17.9 Å². The second-order valence-corrected chi connectivity index (χ2v) is 3.92. The summed E-state index contributed by atoms with van der Waals surface area (Å²) in [5.74, 6) is 0.813. The second kappa shape index (κ2) is 3.39. The van der Waals surface area contributed by atoms with Crippen molar-refractivity contribution in [2.24, 2.45) is 17.6 Å². The summed E-state index contributed by atoms with van der Waals surface area (Å²) in [5.41, 5.74) is 5.36. The van der Waals surface area contributed by atoms with Gasteiger partial charge in [0.2, 0.25) is 5.91 Å². The van der Waals surface area contributed by atoms with Crippen molar-refractivity contribution in [3.05, 3.63) is 0 Å². The molecule has 4 heteroatoms. The van der Waals surface area contributed by atoms with E-state index in [2.05, 4.69) is 12.2 Å². The largest absolute Gasteiger partial charge is 0.392 e. The monoisotopic (exact) mass is 186 g/mol. The van der Waals surface area contributed by atoms with E-state index >= 15 is 0 Å². The van der Waals surface area contributed by atoms with Crippen LogP contribution in [0.25, 0.3) is 0 Å². The molecule has 1 aliphatic rings. The van der Waals surface area contributed by atoms with Crippen LogP contribution in [0.5, 0.6) is 0 Å². The molecular weight excluding hydrogens is 172 g/mol. The first-order valence-corrected chi connectivity index (χ1v) is 4.53. The number of hydrogen-bond acceptors (Lipinski definition) is 2. The van der Waals surface area contributed by atoms with E-state index in [0.29, 0.717) is 10.9 Å². The van der Waals surface area contributed by atoms with E-state index in [9.17, 15) is 4.79 Å². The van der Waals surface area contributed by atoms with Crippen molar-refractivity contribution in [3.63, 3.8) is 0 Å². The Morgan fingerprint density at radius 1 is 1.75 bits per heavy atom. The number of nitrogens with two attached hydrogens (primary N) is 1. The number of amides is 1. The highest BCUT2D eigenvalue weighted by Gasteiger charge is 2.39. The van der Waals surface area contributed by atoms with Crippen LogP contribution in [0.2, 0.25) is 0 Å². The van der Waals surface area contributed by atoms with E-state index in [4.69, 9.17) is 18.0 Å². The quantitative estimate of drug-likeness (QED) is 0.629. The lowest BCUT2D eigenvalue weighted by Crippen LogP contribution is -2.42. The van der Waals surface area contributed by atoms with Gasteiger partial charge in [-0.05, 0) is 19.3 Å². The molecule has 68 valence electrons. The third-order valence-electron chi connectivity index (χ3n) is 2.23. The Morgan fingerprint density at radius 3 is 2.58 bits per heavy atom. The zero-order valence-corrected chi connectivity index (χ0v) is 8.15. The predicted octanol–water partition coefficient (Wildman–Crippen LogP) is 0.433. The van der Waals surface area contributed by atoms with Crippen LogP contribution in [-0.4, -0.2) is 16.9 Å². The van der Waals surface area contributed by atoms with Crippen molar-refractivity contribution in [2.75, 3.05) is 0 Å². The fourth-order valence-electron chi connectivity index (χ4n) is 1.08. The van der Waals surface area contributed by atoms with Crippen molar-refractivity contribution < 1.29 is 4.79 Å². The Bertz CT molecular complexity index is 217. The molecule has 0 aromatic carbocycles. The van der Waals surface area contributed by atoms with Crippen LogP contribution in [0.3, 0.4) is 0 Å². The van der Waals surface area contributed by atoms with Crippen LogP contribution < -0.4 is 11.1 Å². The molecule has 0 aliphatic heterocycles. The standard InChI is InChI=1S/C8H14N2OS/c1-4-3-6(4)8(11)10-5(2)7(9)12/h4-6H,3H2,1-2H3,(H2,9,12)(H,10,11). The van der Waals surface area contributed by atoms with E-state index < -0.39 is 0 Å². The van der Waals surface area contributed by atoms with Crippen LogP contribution in [0.15, 0.2) is 0 Å². The van der Waals surface area contributed by atoms with Crippen molar-refractivity contribution in [1.29, 1.82) is 0 Å². The first-order valence-electron chi connectivity index (χ1n) is 4.12. The van der Waals surface area contributed by atoms with E-state index in [0.717, 1.165) is 6.42 Å².